The summed E-state index contributed by atoms with van der Waals surface area (Å²) in [6.07, 6.45) is -0.471. The van der Waals surface area contributed by atoms with Crippen LogP contribution in [-0.2, 0) is 6.54 Å². The summed E-state index contributed by atoms with van der Waals surface area (Å²) in [4.78, 5) is 1.18. The zero-order valence-electron chi connectivity index (χ0n) is 10.2. The second kappa shape index (κ2) is 6.34. The van der Waals surface area contributed by atoms with Gasteiger partial charge in [-0.25, -0.2) is 0 Å². The van der Waals surface area contributed by atoms with Gasteiger partial charge in [-0.05, 0) is 30.2 Å². The van der Waals surface area contributed by atoms with Crippen molar-refractivity contribution in [3.8, 4) is 0 Å². The molecule has 0 amide bonds. The van der Waals surface area contributed by atoms with E-state index in [-0.39, 0.29) is 0 Å². The predicted molar refractivity (Wildman–Crippen MR) is 77.2 cm³/mol. The van der Waals surface area contributed by atoms with E-state index >= 15 is 0 Å². The van der Waals surface area contributed by atoms with Gasteiger partial charge in [-0.15, -0.1) is 11.3 Å². The number of hydrogen-bond acceptors (Lipinski definition) is 3. The van der Waals surface area contributed by atoms with E-state index in [1.165, 1.54) is 4.88 Å². The van der Waals surface area contributed by atoms with E-state index in [9.17, 15) is 5.11 Å². The number of nitrogens with one attached hydrogen (secondary N) is 1. The average molecular weight is 282 g/mol. The summed E-state index contributed by atoms with van der Waals surface area (Å²) >= 11 is 7.42. The van der Waals surface area contributed by atoms with E-state index in [1.54, 1.807) is 11.3 Å². The fourth-order valence-corrected chi connectivity index (χ4v) is 2.91. The van der Waals surface area contributed by atoms with Gasteiger partial charge in [-0.2, -0.15) is 0 Å². The van der Waals surface area contributed by atoms with Gasteiger partial charge in [-0.3, -0.25) is 0 Å². The summed E-state index contributed by atoms with van der Waals surface area (Å²) in [5.41, 5.74) is 2.10. The standard InChI is InChI=1S/C14H16ClNOS/c1-10-4-2-3-5-12(10)13(17)9-16-8-11-6-7-14(15)18-11/h2-7,13,16-17H,8-9H2,1H3. The second-order valence-corrected chi connectivity index (χ2v) is 6.01. The first-order chi connectivity index (χ1) is 8.66. The van der Waals surface area contributed by atoms with Gasteiger partial charge in [0.15, 0.2) is 0 Å². The maximum absolute atomic E-state index is 10.1. The number of aliphatic hydroxyl groups is 1. The van der Waals surface area contributed by atoms with Crippen molar-refractivity contribution in [1.82, 2.24) is 5.32 Å². The minimum absolute atomic E-state index is 0.471. The molecule has 2 N–H and O–H groups in total. The SMILES string of the molecule is Cc1ccccc1C(O)CNCc1ccc(Cl)s1. The minimum atomic E-state index is -0.471. The first-order valence-corrected chi connectivity index (χ1v) is 7.05. The highest BCUT2D eigenvalue weighted by atomic mass is 35.5. The number of aryl methyl sites for hydroxylation is 1. The van der Waals surface area contributed by atoms with Crippen LogP contribution in [0.25, 0.3) is 0 Å². The molecule has 2 rings (SSSR count). The van der Waals surface area contributed by atoms with Gasteiger partial charge in [0.25, 0.3) is 0 Å². The molecule has 0 spiro atoms. The molecular formula is C14H16ClNOS. The van der Waals surface area contributed by atoms with E-state index in [0.29, 0.717) is 6.54 Å². The van der Waals surface area contributed by atoms with Crippen LogP contribution in [0.5, 0.6) is 0 Å². The Morgan fingerprint density at radius 2 is 2.06 bits per heavy atom. The Bertz CT molecular complexity index is 512. The van der Waals surface area contributed by atoms with E-state index in [0.717, 1.165) is 22.0 Å². The Morgan fingerprint density at radius 3 is 2.72 bits per heavy atom. The van der Waals surface area contributed by atoms with Gasteiger partial charge in [0.1, 0.15) is 0 Å². The molecule has 0 bridgehead atoms. The summed E-state index contributed by atoms with van der Waals surface area (Å²) < 4.78 is 0.797. The van der Waals surface area contributed by atoms with E-state index in [2.05, 4.69) is 5.32 Å². The van der Waals surface area contributed by atoms with Crippen LogP contribution in [0, 0.1) is 6.92 Å². The third-order valence-corrected chi connectivity index (χ3v) is 4.04. The first-order valence-electron chi connectivity index (χ1n) is 5.85. The van der Waals surface area contributed by atoms with Crippen LogP contribution in [0.15, 0.2) is 36.4 Å². The second-order valence-electron chi connectivity index (χ2n) is 4.21. The molecule has 0 aliphatic heterocycles. The Balaban J connectivity index is 1.85. The Labute approximate surface area is 116 Å². The van der Waals surface area contributed by atoms with Gasteiger partial charge in [0.2, 0.25) is 0 Å². The minimum Gasteiger partial charge on any atom is -0.387 e. The molecule has 0 radical (unpaired) electrons. The number of rotatable bonds is 5. The van der Waals surface area contributed by atoms with E-state index < -0.39 is 6.10 Å². The van der Waals surface area contributed by atoms with Gasteiger partial charge < -0.3 is 10.4 Å². The summed E-state index contributed by atoms with van der Waals surface area (Å²) in [5, 5.41) is 13.3. The summed E-state index contributed by atoms with van der Waals surface area (Å²) in [5.74, 6) is 0. The molecule has 1 unspecified atom stereocenters. The van der Waals surface area contributed by atoms with Crippen molar-refractivity contribution in [2.24, 2.45) is 0 Å². The van der Waals surface area contributed by atoms with Crippen molar-refractivity contribution in [3.63, 3.8) is 0 Å². The molecule has 0 aliphatic carbocycles. The van der Waals surface area contributed by atoms with Crippen LogP contribution in [0.4, 0.5) is 0 Å². The van der Waals surface area contributed by atoms with Crippen molar-refractivity contribution in [2.45, 2.75) is 19.6 Å². The molecule has 96 valence electrons. The number of halogens is 1. The van der Waals surface area contributed by atoms with E-state index in [1.807, 2.05) is 43.3 Å². The highest BCUT2D eigenvalue weighted by molar-refractivity contribution is 7.16. The third-order valence-electron chi connectivity index (χ3n) is 2.81. The molecule has 1 atom stereocenters. The predicted octanol–water partition coefficient (Wildman–Crippen LogP) is 3.53. The zero-order valence-corrected chi connectivity index (χ0v) is 11.8. The van der Waals surface area contributed by atoms with Gasteiger partial charge in [0, 0.05) is 18.0 Å². The largest absolute Gasteiger partial charge is 0.387 e. The van der Waals surface area contributed by atoms with Crippen LogP contribution in [0.3, 0.4) is 0 Å². The zero-order chi connectivity index (χ0) is 13.0. The molecule has 0 saturated carbocycles. The lowest BCUT2D eigenvalue weighted by atomic mass is 10.0. The molecule has 1 aromatic carbocycles. The molecule has 0 fully saturated rings. The highest BCUT2D eigenvalue weighted by Crippen LogP contribution is 2.21. The van der Waals surface area contributed by atoms with Gasteiger partial charge in [0.05, 0.1) is 10.4 Å². The molecule has 0 saturated heterocycles. The van der Waals surface area contributed by atoms with Gasteiger partial charge >= 0.3 is 0 Å². The maximum atomic E-state index is 10.1. The van der Waals surface area contributed by atoms with Crippen LogP contribution >= 0.6 is 22.9 Å². The van der Waals surface area contributed by atoms with Crippen molar-refractivity contribution in [1.29, 1.82) is 0 Å². The number of thiophene rings is 1. The molecule has 4 heteroatoms. The van der Waals surface area contributed by atoms with Crippen molar-refractivity contribution >= 4 is 22.9 Å². The van der Waals surface area contributed by atoms with E-state index in [4.69, 9.17) is 11.6 Å². The Hall–Kier alpha value is -0.870. The molecule has 18 heavy (non-hydrogen) atoms. The molecule has 2 aromatic rings. The molecule has 0 aliphatic rings. The maximum Gasteiger partial charge on any atom is 0.0931 e. The smallest absolute Gasteiger partial charge is 0.0931 e. The quantitative estimate of drug-likeness (QED) is 0.879. The van der Waals surface area contributed by atoms with Crippen LogP contribution in [-0.4, -0.2) is 11.7 Å². The molecule has 1 aromatic heterocycles. The van der Waals surface area contributed by atoms with Crippen LogP contribution < -0.4 is 5.32 Å². The summed E-state index contributed by atoms with van der Waals surface area (Å²) in [7, 11) is 0. The van der Waals surface area contributed by atoms with Crippen molar-refractivity contribution < 1.29 is 5.11 Å². The highest BCUT2D eigenvalue weighted by Gasteiger charge is 2.09. The summed E-state index contributed by atoms with van der Waals surface area (Å²) in [6, 6.07) is 11.8. The third kappa shape index (κ3) is 3.56. The monoisotopic (exact) mass is 281 g/mol. The van der Waals surface area contributed by atoms with Crippen molar-refractivity contribution in [3.05, 3.63) is 56.7 Å². The fraction of sp³-hybridized carbons (Fsp3) is 0.286. The average Bonchev–Trinajstić information content (AvgIpc) is 2.75. The number of benzene rings is 1. The first kappa shape index (κ1) is 13.6. The van der Waals surface area contributed by atoms with Crippen LogP contribution in [0.2, 0.25) is 4.34 Å². The fourth-order valence-electron chi connectivity index (χ4n) is 1.85. The van der Waals surface area contributed by atoms with Crippen LogP contribution in [0.1, 0.15) is 22.1 Å². The molecule has 2 nitrogen and oxygen atoms in total. The normalized spacial score (nSPS) is 12.6. The Morgan fingerprint density at radius 1 is 1.28 bits per heavy atom. The van der Waals surface area contributed by atoms with Crippen molar-refractivity contribution in [2.75, 3.05) is 6.54 Å². The summed E-state index contributed by atoms with van der Waals surface area (Å²) in [6.45, 7) is 3.29. The lowest BCUT2D eigenvalue weighted by Gasteiger charge is -2.14. The number of aliphatic hydroxyl groups excluding tert-OH is 1. The number of hydrogen-bond donors (Lipinski definition) is 2. The molecule has 1 heterocycles. The lowest BCUT2D eigenvalue weighted by Crippen LogP contribution is -2.21. The topological polar surface area (TPSA) is 32.3 Å². The Kier molecular flexibility index (Phi) is 4.78. The molecular weight excluding hydrogens is 266 g/mol. The van der Waals surface area contributed by atoms with Gasteiger partial charge in [-0.1, -0.05) is 35.9 Å². The lowest BCUT2D eigenvalue weighted by molar-refractivity contribution is 0.174.